The third-order valence-corrected chi connectivity index (χ3v) is 2.70. The van der Waals surface area contributed by atoms with Gasteiger partial charge < -0.3 is 8.92 Å². The predicted octanol–water partition coefficient (Wildman–Crippen LogP) is 3.08. The smallest absolute Gasteiger partial charge is 0.450 e. The third-order valence-electron chi connectivity index (χ3n) is 2.32. The zero-order chi connectivity index (χ0) is 15.5. The van der Waals surface area contributed by atoms with Gasteiger partial charge in [-0.1, -0.05) is 16.0 Å². The fourth-order valence-electron chi connectivity index (χ4n) is 1.48. The quantitative estimate of drug-likeness (QED) is 0.811. The van der Waals surface area contributed by atoms with Crippen LogP contribution >= 0.6 is 0 Å². The molecule has 0 saturated heterocycles. The molecular formula is C13H7F2NO4S. The Bertz CT molecular complexity index is 815. The van der Waals surface area contributed by atoms with E-state index in [2.05, 4.69) is 4.18 Å². The topological polar surface area (TPSA) is 76.4 Å². The largest absolute Gasteiger partial charge is 0.488 e. The van der Waals surface area contributed by atoms with Crippen molar-refractivity contribution in [2.75, 3.05) is 0 Å². The van der Waals surface area contributed by atoms with Crippen LogP contribution in [-0.2, 0) is 10.5 Å². The summed E-state index contributed by atoms with van der Waals surface area (Å²) in [6, 6.07) is 10.5. The Kier molecular flexibility index (Phi) is 4.05. The minimum Gasteiger partial charge on any atom is -0.450 e. The lowest BCUT2D eigenvalue weighted by atomic mass is 10.2. The summed E-state index contributed by atoms with van der Waals surface area (Å²) in [5.74, 6) is -1.71. The Morgan fingerprint density at radius 1 is 1.05 bits per heavy atom. The van der Waals surface area contributed by atoms with E-state index in [9.17, 15) is 16.7 Å². The van der Waals surface area contributed by atoms with Gasteiger partial charge in [-0.3, -0.25) is 0 Å². The lowest BCUT2D eigenvalue weighted by molar-refractivity contribution is 0.401. The van der Waals surface area contributed by atoms with Crippen molar-refractivity contribution in [2.45, 2.75) is 0 Å². The summed E-state index contributed by atoms with van der Waals surface area (Å²) in [5, 5.41) is 8.63. The Labute approximate surface area is 119 Å². The maximum Gasteiger partial charge on any atom is 0.488 e. The normalized spacial score (nSPS) is 10.7. The van der Waals surface area contributed by atoms with Gasteiger partial charge in [0.1, 0.15) is 0 Å². The van der Waals surface area contributed by atoms with Crippen LogP contribution in [-0.4, -0.2) is 8.42 Å². The second-order valence-electron chi connectivity index (χ2n) is 3.78. The van der Waals surface area contributed by atoms with Crippen molar-refractivity contribution in [1.29, 1.82) is 5.26 Å². The van der Waals surface area contributed by atoms with Crippen molar-refractivity contribution in [3.63, 3.8) is 0 Å². The minimum absolute atomic E-state index is 0.0933. The third kappa shape index (κ3) is 3.90. The van der Waals surface area contributed by atoms with E-state index in [1.807, 2.05) is 0 Å². The van der Waals surface area contributed by atoms with Gasteiger partial charge in [0.25, 0.3) is 0 Å². The van der Waals surface area contributed by atoms with E-state index in [1.54, 1.807) is 6.07 Å². The Morgan fingerprint density at radius 3 is 2.29 bits per heavy atom. The van der Waals surface area contributed by atoms with Gasteiger partial charge >= 0.3 is 10.5 Å². The van der Waals surface area contributed by atoms with Gasteiger partial charge in [0.2, 0.25) is 0 Å². The van der Waals surface area contributed by atoms with Gasteiger partial charge in [-0.05, 0) is 30.3 Å². The fourth-order valence-corrected chi connectivity index (χ4v) is 1.83. The van der Waals surface area contributed by atoms with Crippen LogP contribution in [0.4, 0.5) is 8.28 Å². The highest BCUT2D eigenvalue weighted by Crippen LogP contribution is 2.33. The molecule has 0 heterocycles. The van der Waals surface area contributed by atoms with Crippen molar-refractivity contribution < 1.29 is 25.6 Å². The molecule has 5 nitrogen and oxygen atoms in total. The second kappa shape index (κ2) is 5.76. The van der Waals surface area contributed by atoms with Crippen molar-refractivity contribution in [3.8, 4) is 23.3 Å². The zero-order valence-electron chi connectivity index (χ0n) is 10.3. The molecule has 2 rings (SSSR count). The Balaban J connectivity index is 2.34. The van der Waals surface area contributed by atoms with Crippen LogP contribution in [0.1, 0.15) is 5.56 Å². The van der Waals surface area contributed by atoms with Crippen LogP contribution in [0.5, 0.6) is 17.2 Å². The molecule has 0 radical (unpaired) electrons. The first-order valence-electron chi connectivity index (χ1n) is 5.49. The average molecular weight is 311 g/mol. The molecule has 2 aromatic rings. The summed E-state index contributed by atoms with van der Waals surface area (Å²) >= 11 is 0. The van der Waals surface area contributed by atoms with E-state index < -0.39 is 22.1 Å². The highest BCUT2D eigenvalue weighted by Gasteiger charge is 2.16. The molecule has 0 spiro atoms. The van der Waals surface area contributed by atoms with Crippen molar-refractivity contribution in [3.05, 3.63) is 53.8 Å². The van der Waals surface area contributed by atoms with Gasteiger partial charge in [-0.15, -0.1) is 0 Å². The zero-order valence-corrected chi connectivity index (χ0v) is 11.1. The van der Waals surface area contributed by atoms with Crippen molar-refractivity contribution in [1.82, 2.24) is 0 Å². The summed E-state index contributed by atoms with van der Waals surface area (Å²) in [7, 11) is -5.23. The molecule has 0 fully saturated rings. The number of hydrogen-bond donors (Lipinski definition) is 0. The number of benzene rings is 2. The number of nitriles is 1. The van der Waals surface area contributed by atoms with E-state index >= 15 is 0 Å². The summed E-state index contributed by atoms with van der Waals surface area (Å²) in [6.07, 6.45) is 0. The summed E-state index contributed by atoms with van der Waals surface area (Å²) in [6.45, 7) is 0. The first-order chi connectivity index (χ1) is 9.89. The molecule has 0 N–H and O–H groups in total. The van der Waals surface area contributed by atoms with Crippen molar-refractivity contribution in [2.24, 2.45) is 0 Å². The summed E-state index contributed by atoms with van der Waals surface area (Å²) in [4.78, 5) is 0. The predicted molar refractivity (Wildman–Crippen MR) is 68.3 cm³/mol. The molecule has 0 bridgehead atoms. The molecular weight excluding hydrogens is 304 g/mol. The first-order valence-corrected chi connectivity index (χ1v) is 6.80. The lowest BCUT2D eigenvalue weighted by Gasteiger charge is -2.10. The molecule has 2 aromatic carbocycles. The summed E-state index contributed by atoms with van der Waals surface area (Å²) in [5.41, 5.74) is 0.0933. The van der Waals surface area contributed by atoms with Crippen LogP contribution in [0.2, 0.25) is 0 Å². The number of nitrogens with zero attached hydrogens (tertiary/aromatic N) is 1. The lowest BCUT2D eigenvalue weighted by Crippen LogP contribution is -2.02. The monoisotopic (exact) mass is 311 g/mol. The molecule has 0 unspecified atom stereocenters. The molecule has 0 amide bonds. The van der Waals surface area contributed by atoms with E-state index in [0.29, 0.717) is 0 Å². The molecule has 108 valence electrons. The average Bonchev–Trinajstić information content (AvgIpc) is 2.41. The van der Waals surface area contributed by atoms with Gasteiger partial charge in [0.15, 0.2) is 23.1 Å². The Morgan fingerprint density at radius 2 is 1.71 bits per heavy atom. The number of rotatable bonds is 4. The highest BCUT2D eigenvalue weighted by molar-refractivity contribution is 7.81. The Hall–Kier alpha value is -2.66. The molecule has 0 aliphatic carbocycles. The van der Waals surface area contributed by atoms with E-state index in [0.717, 1.165) is 12.1 Å². The minimum atomic E-state index is -5.23. The van der Waals surface area contributed by atoms with Crippen LogP contribution in [0.3, 0.4) is 0 Å². The summed E-state index contributed by atoms with van der Waals surface area (Å²) < 4.78 is 56.5. The van der Waals surface area contributed by atoms with Gasteiger partial charge in [-0.25, -0.2) is 4.39 Å². The van der Waals surface area contributed by atoms with Crippen LogP contribution in [0.15, 0.2) is 42.5 Å². The number of halogens is 2. The second-order valence-corrected chi connectivity index (χ2v) is 4.74. The van der Waals surface area contributed by atoms with Gasteiger partial charge in [0, 0.05) is 0 Å². The van der Waals surface area contributed by atoms with E-state index in [4.69, 9.17) is 10.00 Å². The fraction of sp³-hybridized carbons (Fsp3) is 0. The number of hydrogen-bond acceptors (Lipinski definition) is 5. The van der Waals surface area contributed by atoms with Gasteiger partial charge in [0.05, 0.1) is 11.6 Å². The molecule has 0 aliphatic heterocycles. The van der Waals surface area contributed by atoms with Crippen LogP contribution in [0.25, 0.3) is 0 Å². The standard InChI is InChI=1S/C13H7F2NO4S/c14-10-7-9(8-16)5-6-11(10)19-12-3-1-2-4-13(12)20-21(15,17)18/h1-7H. The van der Waals surface area contributed by atoms with Gasteiger partial charge in [-0.2, -0.15) is 13.7 Å². The van der Waals surface area contributed by atoms with Crippen molar-refractivity contribution >= 4 is 10.5 Å². The highest BCUT2D eigenvalue weighted by atomic mass is 32.3. The SMILES string of the molecule is N#Cc1ccc(Oc2ccccc2OS(=O)(=O)F)c(F)c1. The number of para-hydroxylation sites is 2. The molecule has 0 aromatic heterocycles. The van der Waals surface area contributed by atoms with Crippen LogP contribution in [0, 0.1) is 17.1 Å². The maximum absolute atomic E-state index is 13.7. The molecule has 21 heavy (non-hydrogen) atoms. The molecule has 0 atom stereocenters. The molecule has 0 saturated carbocycles. The van der Waals surface area contributed by atoms with E-state index in [1.165, 1.54) is 30.3 Å². The van der Waals surface area contributed by atoms with E-state index in [-0.39, 0.29) is 17.1 Å². The molecule has 0 aliphatic rings. The van der Waals surface area contributed by atoms with Crippen LogP contribution < -0.4 is 8.92 Å². The maximum atomic E-state index is 13.7. The number of ether oxygens (including phenoxy) is 1. The first kappa shape index (κ1) is 14.7. The molecule has 8 heteroatoms.